The van der Waals surface area contributed by atoms with Gasteiger partial charge in [-0.1, -0.05) is 67.6 Å². The van der Waals surface area contributed by atoms with Gasteiger partial charge in [0.05, 0.1) is 18.6 Å². The van der Waals surface area contributed by atoms with Crippen LogP contribution in [0.2, 0.25) is 0 Å². The zero-order valence-electron chi connectivity index (χ0n) is 17.0. The molecule has 0 aromatic heterocycles. The van der Waals surface area contributed by atoms with Gasteiger partial charge >= 0.3 is 0 Å². The summed E-state index contributed by atoms with van der Waals surface area (Å²) in [6, 6.07) is 20.6. The molecule has 1 heterocycles. The second kappa shape index (κ2) is 7.23. The van der Waals surface area contributed by atoms with Crippen molar-refractivity contribution in [1.29, 1.82) is 0 Å². The van der Waals surface area contributed by atoms with Crippen LogP contribution in [0, 0.1) is 11.8 Å². The maximum Gasteiger partial charge on any atom is 0.171 e. The lowest BCUT2D eigenvalue weighted by molar-refractivity contribution is -0.234. The molecule has 0 unspecified atom stereocenters. The molecule has 2 aromatic rings. The van der Waals surface area contributed by atoms with Gasteiger partial charge in [0.2, 0.25) is 0 Å². The first-order chi connectivity index (χ1) is 14.2. The quantitative estimate of drug-likeness (QED) is 0.667. The second-order valence-corrected chi connectivity index (χ2v) is 8.69. The highest BCUT2D eigenvalue weighted by atomic mass is 16.7. The van der Waals surface area contributed by atoms with E-state index in [2.05, 4.69) is 49.4 Å². The third-order valence-electron chi connectivity index (χ3n) is 7.43. The highest BCUT2D eigenvalue weighted by molar-refractivity contribution is 6.07. The summed E-state index contributed by atoms with van der Waals surface area (Å²) in [5, 5.41) is 0. The van der Waals surface area contributed by atoms with Gasteiger partial charge in [0, 0.05) is 12.3 Å². The number of carbonyl (C=O) groups is 1. The van der Waals surface area contributed by atoms with E-state index < -0.39 is 11.2 Å². The van der Waals surface area contributed by atoms with Crippen LogP contribution in [-0.4, -0.2) is 24.8 Å². The van der Waals surface area contributed by atoms with Gasteiger partial charge < -0.3 is 9.47 Å². The van der Waals surface area contributed by atoms with E-state index in [1.807, 2.05) is 24.3 Å². The Bertz CT molecular complexity index is 911. The SMILES string of the molecule is C[C@H]1[C@@H]2CC/C(=C\c3ccccc3)C(=O)[C@@]2(c2ccccc2)CCC12OCCO2. The molecule has 1 spiro atoms. The Morgan fingerprint density at radius 2 is 1.59 bits per heavy atom. The molecule has 3 atom stereocenters. The Morgan fingerprint density at radius 3 is 2.28 bits per heavy atom. The van der Waals surface area contributed by atoms with E-state index >= 15 is 0 Å². The zero-order chi connectivity index (χ0) is 19.9. The van der Waals surface area contributed by atoms with Crippen molar-refractivity contribution in [1.82, 2.24) is 0 Å². The van der Waals surface area contributed by atoms with Crippen LogP contribution in [0.3, 0.4) is 0 Å². The molecule has 1 saturated heterocycles. The Morgan fingerprint density at radius 1 is 0.931 bits per heavy atom. The lowest BCUT2D eigenvalue weighted by Crippen LogP contribution is -2.59. The molecule has 3 fully saturated rings. The van der Waals surface area contributed by atoms with Gasteiger partial charge in [-0.15, -0.1) is 0 Å². The van der Waals surface area contributed by atoms with Crippen molar-refractivity contribution in [3.8, 4) is 0 Å². The molecule has 150 valence electrons. The lowest BCUT2D eigenvalue weighted by Gasteiger charge is -2.55. The minimum Gasteiger partial charge on any atom is -0.347 e. The van der Waals surface area contributed by atoms with Gasteiger partial charge in [0.1, 0.15) is 0 Å². The summed E-state index contributed by atoms with van der Waals surface area (Å²) < 4.78 is 12.3. The van der Waals surface area contributed by atoms with Gasteiger partial charge in [-0.05, 0) is 48.0 Å². The predicted octanol–water partition coefficient (Wildman–Crippen LogP) is 5.16. The van der Waals surface area contributed by atoms with Gasteiger partial charge in [-0.3, -0.25) is 4.79 Å². The molecule has 2 aromatic carbocycles. The minimum absolute atomic E-state index is 0.182. The van der Waals surface area contributed by atoms with Crippen molar-refractivity contribution in [3.63, 3.8) is 0 Å². The number of carbonyl (C=O) groups excluding carboxylic acids is 1. The summed E-state index contributed by atoms with van der Waals surface area (Å²) in [6.07, 6.45) is 5.43. The van der Waals surface area contributed by atoms with E-state index in [-0.39, 0.29) is 11.8 Å². The molecule has 0 N–H and O–H groups in total. The Kier molecular flexibility index (Phi) is 4.68. The van der Waals surface area contributed by atoms with Gasteiger partial charge in [0.25, 0.3) is 0 Å². The van der Waals surface area contributed by atoms with Crippen LogP contribution < -0.4 is 0 Å². The van der Waals surface area contributed by atoms with Crippen LogP contribution >= 0.6 is 0 Å². The molecule has 3 aliphatic rings. The molecule has 2 saturated carbocycles. The number of fused-ring (bicyclic) bond motifs is 1. The minimum atomic E-state index is -0.510. The first kappa shape index (κ1) is 18.8. The van der Waals surface area contributed by atoms with Gasteiger partial charge in [-0.25, -0.2) is 0 Å². The lowest BCUT2D eigenvalue weighted by atomic mass is 9.50. The van der Waals surface area contributed by atoms with E-state index in [1.165, 1.54) is 0 Å². The molecule has 2 aliphatic carbocycles. The molecule has 0 amide bonds. The van der Waals surface area contributed by atoms with Gasteiger partial charge in [0.15, 0.2) is 11.6 Å². The highest BCUT2D eigenvalue weighted by Crippen LogP contribution is 2.58. The fourth-order valence-corrected chi connectivity index (χ4v) is 6.00. The molecule has 3 nitrogen and oxygen atoms in total. The third kappa shape index (κ3) is 2.91. The normalized spacial score (nSPS) is 32.4. The zero-order valence-corrected chi connectivity index (χ0v) is 17.0. The van der Waals surface area contributed by atoms with Crippen LogP contribution in [0.4, 0.5) is 0 Å². The fourth-order valence-electron chi connectivity index (χ4n) is 6.00. The summed E-state index contributed by atoms with van der Waals surface area (Å²) in [7, 11) is 0. The average Bonchev–Trinajstić information content (AvgIpc) is 3.24. The summed E-state index contributed by atoms with van der Waals surface area (Å²) in [5.41, 5.74) is 2.71. The first-order valence-corrected chi connectivity index (χ1v) is 10.8. The standard InChI is InChI=1S/C26H28O3/c1-19-23-13-12-21(18-20-8-4-2-5-9-20)24(27)25(23,22-10-6-3-7-11-22)14-15-26(19)28-16-17-29-26/h2-11,18-19,23H,12-17H2,1H3/b21-18+/t19-,23-,25+/m0/s1. The van der Waals surface area contributed by atoms with E-state index in [0.717, 1.165) is 42.4 Å². The van der Waals surface area contributed by atoms with Crippen LogP contribution in [0.1, 0.15) is 43.7 Å². The number of rotatable bonds is 2. The topological polar surface area (TPSA) is 35.5 Å². The van der Waals surface area contributed by atoms with E-state index in [0.29, 0.717) is 19.0 Å². The molecular weight excluding hydrogens is 360 g/mol. The molecular formula is C26H28O3. The first-order valence-electron chi connectivity index (χ1n) is 10.8. The average molecular weight is 389 g/mol. The highest BCUT2D eigenvalue weighted by Gasteiger charge is 2.61. The Hall–Kier alpha value is -2.23. The Labute approximate surface area is 172 Å². The Balaban J connectivity index is 1.59. The molecule has 0 radical (unpaired) electrons. The number of ether oxygens (including phenoxy) is 2. The number of hydrogen-bond acceptors (Lipinski definition) is 3. The smallest absolute Gasteiger partial charge is 0.171 e. The summed E-state index contributed by atoms with van der Waals surface area (Å²) in [4.78, 5) is 14.1. The number of Topliss-reactive ketones (excluding diaryl/α,β-unsaturated/α-hetero) is 1. The summed E-state index contributed by atoms with van der Waals surface area (Å²) in [6.45, 7) is 3.54. The number of hydrogen-bond donors (Lipinski definition) is 0. The van der Waals surface area contributed by atoms with Crippen molar-refractivity contribution in [2.24, 2.45) is 11.8 Å². The molecule has 1 aliphatic heterocycles. The van der Waals surface area contributed by atoms with Gasteiger partial charge in [-0.2, -0.15) is 0 Å². The summed E-state index contributed by atoms with van der Waals surface area (Å²) in [5.74, 6) is 0.186. The van der Waals surface area contributed by atoms with Crippen molar-refractivity contribution in [3.05, 3.63) is 77.4 Å². The van der Waals surface area contributed by atoms with Crippen molar-refractivity contribution in [2.75, 3.05) is 13.2 Å². The largest absolute Gasteiger partial charge is 0.347 e. The van der Waals surface area contributed by atoms with Crippen molar-refractivity contribution < 1.29 is 14.3 Å². The number of benzene rings is 2. The molecule has 29 heavy (non-hydrogen) atoms. The van der Waals surface area contributed by atoms with Crippen LogP contribution in [0.25, 0.3) is 6.08 Å². The van der Waals surface area contributed by atoms with Crippen molar-refractivity contribution in [2.45, 2.75) is 43.8 Å². The second-order valence-electron chi connectivity index (χ2n) is 8.69. The third-order valence-corrected chi connectivity index (χ3v) is 7.43. The molecule has 0 bridgehead atoms. The van der Waals surface area contributed by atoms with E-state index in [4.69, 9.17) is 9.47 Å². The molecule has 5 rings (SSSR count). The summed E-state index contributed by atoms with van der Waals surface area (Å²) >= 11 is 0. The monoisotopic (exact) mass is 388 g/mol. The van der Waals surface area contributed by atoms with E-state index in [9.17, 15) is 4.79 Å². The van der Waals surface area contributed by atoms with Crippen LogP contribution in [0.15, 0.2) is 66.2 Å². The molecule has 3 heteroatoms. The predicted molar refractivity (Wildman–Crippen MR) is 113 cm³/mol. The number of allylic oxidation sites excluding steroid dienone is 1. The number of ketones is 1. The van der Waals surface area contributed by atoms with Crippen LogP contribution in [0.5, 0.6) is 0 Å². The fraction of sp³-hybridized carbons (Fsp3) is 0.423. The van der Waals surface area contributed by atoms with Crippen molar-refractivity contribution >= 4 is 11.9 Å². The maximum atomic E-state index is 14.1. The van der Waals surface area contributed by atoms with E-state index in [1.54, 1.807) is 0 Å². The maximum absolute atomic E-state index is 14.1. The van der Waals surface area contributed by atoms with Crippen LogP contribution in [-0.2, 0) is 19.7 Å².